The SMILES string of the molecule is C1CCCC1.C=COC=C. The van der Waals surface area contributed by atoms with E-state index in [4.69, 9.17) is 0 Å². The standard InChI is InChI=1S/C5H10.C4H6O/c1-2-4-5-3-1;1-3-5-4-2/h1-5H2;3-4H,1-2H2. The average Bonchev–Trinajstić information content (AvgIpc) is 2.44. The van der Waals surface area contributed by atoms with E-state index in [1.807, 2.05) is 0 Å². The fourth-order valence-electron chi connectivity index (χ4n) is 0.952. The zero-order valence-corrected chi connectivity index (χ0v) is 6.51. The van der Waals surface area contributed by atoms with Gasteiger partial charge in [-0.05, 0) is 0 Å². The van der Waals surface area contributed by atoms with E-state index in [9.17, 15) is 0 Å². The van der Waals surface area contributed by atoms with Crippen LogP contribution in [0.5, 0.6) is 0 Å². The maximum atomic E-state index is 4.36. The molecule has 0 heterocycles. The molecule has 0 amide bonds. The highest BCUT2D eigenvalue weighted by molar-refractivity contribution is 4.57. The quantitative estimate of drug-likeness (QED) is 0.535. The molecule has 0 aliphatic heterocycles. The van der Waals surface area contributed by atoms with Crippen molar-refractivity contribution >= 4 is 0 Å². The molecule has 0 atom stereocenters. The minimum absolute atomic E-state index is 1.31. The first-order valence-corrected chi connectivity index (χ1v) is 3.79. The van der Waals surface area contributed by atoms with Crippen LogP contribution in [0, 0.1) is 0 Å². The Morgan fingerprint density at radius 2 is 1.10 bits per heavy atom. The molecule has 1 fully saturated rings. The predicted molar refractivity (Wildman–Crippen MR) is 44.6 cm³/mol. The summed E-state index contributed by atoms with van der Waals surface area (Å²) in [6.45, 7) is 6.51. The summed E-state index contributed by atoms with van der Waals surface area (Å²) >= 11 is 0. The van der Waals surface area contributed by atoms with Crippen LogP contribution in [0.4, 0.5) is 0 Å². The third-order valence-corrected chi connectivity index (χ3v) is 1.44. The van der Waals surface area contributed by atoms with Gasteiger partial charge in [0, 0.05) is 0 Å². The normalized spacial score (nSPS) is 14.8. The summed E-state index contributed by atoms with van der Waals surface area (Å²) in [7, 11) is 0. The number of rotatable bonds is 2. The van der Waals surface area contributed by atoms with Crippen molar-refractivity contribution < 1.29 is 4.74 Å². The summed E-state index contributed by atoms with van der Waals surface area (Å²) in [5.41, 5.74) is 0. The van der Waals surface area contributed by atoms with Crippen molar-refractivity contribution in [2.45, 2.75) is 32.1 Å². The van der Waals surface area contributed by atoms with Crippen LogP contribution in [-0.2, 0) is 4.74 Å². The molecule has 0 radical (unpaired) electrons. The zero-order chi connectivity index (χ0) is 7.66. The van der Waals surface area contributed by atoms with Crippen molar-refractivity contribution in [2.24, 2.45) is 0 Å². The van der Waals surface area contributed by atoms with Crippen LogP contribution >= 0.6 is 0 Å². The highest BCUT2D eigenvalue weighted by atomic mass is 16.5. The van der Waals surface area contributed by atoms with Gasteiger partial charge >= 0.3 is 0 Å². The zero-order valence-electron chi connectivity index (χ0n) is 6.51. The lowest BCUT2D eigenvalue weighted by molar-refractivity contribution is 0.406. The molecule has 1 heteroatoms. The lowest BCUT2D eigenvalue weighted by Crippen LogP contribution is -1.52. The maximum absolute atomic E-state index is 4.36. The fourth-order valence-corrected chi connectivity index (χ4v) is 0.952. The van der Waals surface area contributed by atoms with Gasteiger partial charge in [-0.3, -0.25) is 0 Å². The molecule has 0 spiro atoms. The van der Waals surface area contributed by atoms with E-state index < -0.39 is 0 Å². The Morgan fingerprint density at radius 1 is 0.800 bits per heavy atom. The summed E-state index contributed by atoms with van der Waals surface area (Å²) in [4.78, 5) is 0. The fraction of sp³-hybridized carbons (Fsp3) is 0.556. The van der Waals surface area contributed by atoms with Gasteiger partial charge < -0.3 is 4.74 Å². The van der Waals surface area contributed by atoms with E-state index >= 15 is 0 Å². The summed E-state index contributed by atoms with van der Waals surface area (Å²) in [5.74, 6) is 0. The average molecular weight is 140 g/mol. The highest BCUT2D eigenvalue weighted by Crippen LogP contribution is 2.15. The van der Waals surface area contributed by atoms with Gasteiger partial charge in [-0.15, -0.1) is 0 Å². The van der Waals surface area contributed by atoms with Crippen molar-refractivity contribution in [3.8, 4) is 0 Å². The molecule has 0 N–H and O–H groups in total. The molecule has 1 nitrogen and oxygen atoms in total. The van der Waals surface area contributed by atoms with Crippen molar-refractivity contribution in [1.82, 2.24) is 0 Å². The Labute approximate surface area is 63.4 Å². The van der Waals surface area contributed by atoms with Crippen molar-refractivity contribution in [3.05, 3.63) is 25.7 Å². The minimum atomic E-state index is 1.31. The Hall–Kier alpha value is -0.720. The van der Waals surface area contributed by atoms with Crippen molar-refractivity contribution in [2.75, 3.05) is 0 Å². The van der Waals surface area contributed by atoms with Crippen LogP contribution in [0.15, 0.2) is 25.7 Å². The van der Waals surface area contributed by atoms with Gasteiger partial charge in [-0.1, -0.05) is 45.3 Å². The largest absolute Gasteiger partial charge is 0.474 e. The molecule has 1 aliphatic carbocycles. The first kappa shape index (κ1) is 9.28. The number of hydrogen-bond donors (Lipinski definition) is 0. The summed E-state index contributed by atoms with van der Waals surface area (Å²) < 4.78 is 4.36. The van der Waals surface area contributed by atoms with E-state index in [1.54, 1.807) is 0 Å². The molecule has 58 valence electrons. The molecule has 1 aliphatic rings. The van der Waals surface area contributed by atoms with E-state index in [0.717, 1.165) is 0 Å². The van der Waals surface area contributed by atoms with Crippen LogP contribution < -0.4 is 0 Å². The van der Waals surface area contributed by atoms with E-state index in [2.05, 4.69) is 17.9 Å². The van der Waals surface area contributed by atoms with E-state index in [1.165, 1.54) is 44.6 Å². The summed E-state index contributed by atoms with van der Waals surface area (Å²) in [6.07, 6.45) is 10.1. The van der Waals surface area contributed by atoms with Crippen molar-refractivity contribution in [1.29, 1.82) is 0 Å². The van der Waals surface area contributed by atoms with Gasteiger partial charge in [-0.2, -0.15) is 0 Å². The maximum Gasteiger partial charge on any atom is 0.0829 e. The molecule has 0 bridgehead atoms. The minimum Gasteiger partial charge on any atom is -0.474 e. The second-order valence-corrected chi connectivity index (χ2v) is 2.24. The molecular formula is C9H16O. The van der Waals surface area contributed by atoms with Gasteiger partial charge in [0.2, 0.25) is 0 Å². The molecule has 10 heavy (non-hydrogen) atoms. The van der Waals surface area contributed by atoms with Gasteiger partial charge in [0.05, 0.1) is 12.5 Å². The lowest BCUT2D eigenvalue weighted by Gasteiger charge is -1.76. The molecule has 1 rings (SSSR count). The molecule has 0 unspecified atom stereocenters. The van der Waals surface area contributed by atoms with Crippen LogP contribution in [0.2, 0.25) is 0 Å². The Kier molecular flexibility index (Phi) is 7.68. The molecule has 0 saturated heterocycles. The van der Waals surface area contributed by atoms with Crippen LogP contribution in [0.25, 0.3) is 0 Å². The van der Waals surface area contributed by atoms with Gasteiger partial charge in [-0.25, -0.2) is 0 Å². The van der Waals surface area contributed by atoms with Crippen LogP contribution in [0.1, 0.15) is 32.1 Å². The summed E-state index contributed by atoms with van der Waals surface area (Å²) in [5, 5.41) is 0. The molecule has 0 aromatic carbocycles. The topological polar surface area (TPSA) is 9.23 Å². The Bertz CT molecular complexity index is 69.1. The molecule has 0 aromatic heterocycles. The van der Waals surface area contributed by atoms with Gasteiger partial charge in [0.25, 0.3) is 0 Å². The second kappa shape index (κ2) is 8.28. The lowest BCUT2D eigenvalue weighted by atomic mass is 10.4. The molecular weight excluding hydrogens is 124 g/mol. The molecule has 1 saturated carbocycles. The number of hydrogen-bond acceptors (Lipinski definition) is 1. The monoisotopic (exact) mass is 140 g/mol. The first-order valence-electron chi connectivity index (χ1n) is 3.79. The van der Waals surface area contributed by atoms with E-state index in [0.29, 0.717) is 0 Å². The van der Waals surface area contributed by atoms with Crippen molar-refractivity contribution in [3.63, 3.8) is 0 Å². The Balaban J connectivity index is 0.000000162. The third kappa shape index (κ3) is 7.28. The second-order valence-electron chi connectivity index (χ2n) is 2.24. The predicted octanol–water partition coefficient (Wildman–Crippen LogP) is 3.24. The Morgan fingerprint density at radius 3 is 1.20 bits per heavy atom. The van der Waals surface area contributed by atoms with Crippen LogP contribution in [-0.4, -0.2) is 0 Å². The smallest absolute Gasteiger partial charge is 0.0829 e. The van der Waals surface area contributed by atoms with E-state index in [-0.39, 0.29) is 0 Å². The highest BCUT2D eigenvalue weighted by Gasteiger charge is 1.95. The third-order valence-electron chi connectivity index (χ3n) is 1.44. The molecule has 0 aromatic rings. The van der Waals surface area contributed by atoms with Gasteiger partial charge in [0.15, 0.2) is 0 Å². The van der Waals surface area contributed by atoms with Gasteiger partial charge in [0.1, 0.15) is 0 Å². The number of ether oxygens (including phenoxy) is 1. The van der Waals surface area contributed by atoms with Crippen LogP contribution in [0.3, 0.4) is 0 Å². The first-order chi connectivity index (χ1) is 4.91. The summed E-state index contributed by atoms with van der Waals surface area (Å²) in [6, 6.07) is 0.